The molecule has 1 N–H and O–H groups in total. The van der Waals surface area contributed by atoms with Crippen LogP contribution in [0.1, 0.15) is 11.1 Å². The molecule has 0 aliphatic carbocycles. The SMILES string of the molecule is C=CCNC1(C(=O)OC)COCc2ccccc21. The van der Waals surface area contributed by atoms with Crippen LogP contribution in [0, 0.1) is 0 Å². The molecule has 1 heterocycles. The van der Waals surface area contributed by atoms with E-state index in [0.717, 1.165) is 11.1 Å². The molecular weight excluding hydrogens is 230 g/mol. The minimum atomic E-state index is -0.933. The predicted octanol–water partition coefficient (Wildman–Crippen LogP) is 1.36. The summed E-state index contributed by atoms with van der Waals surface area (Å²) in [7, 11) is 1.39. The zero-order chi connectivity index (χ0) is 13.0. The third-order valence-corrected chi connectivity index (χ3v) is 3.14. The lowest BCUT2D eigenvalue weighted by atomic mass is 9.85. The Balaban J connectivity index is 2.47. The Morgan fingerprint density at radius 2 is 2.39 bits per heavy atom. The number of nitrogens with one attached hydrogen (secondary N) is 1. The molecule has 1 aromatic carbocycles. The van der Waals surface area contributed by atoms with Crippen LogP contribution in [0.4, 0.5) is 0 Å². The van der Waals surface area contributed by atoms with Gasteiger partial charge in [0.1, 0.15) is 0 Å². The summed E-state index contributed by atoms with van der Waals surface area (Å²) in [6.07, 6.45) is 1.71. The zero-order valence-corrected chi connectivity index (χ0v) is 10.4. The normalized spacial score (nSPS) is 22.1. The molecule has 1 aliphatic rings. The molecular formula is C14H17NO3. The number of rotatable bonds is 4. The van der Waals surface area contributed by atoms with E-state index in [0.29, 0.717) is 13.2 Å². The third-order valence-electron chi connectivity index (χ3n) is 3.14. The van der Waals surface area contributed by atoms with Gasteiger partial charge in [0.25, 0.3) is 0 Å². The molecule has 18 heavy (non-hydrogen) atoms. The summed E-state index contributed by atoms with van der Waals surface area (Å²) in [5.74, 6) is -0.337. The molecule has 0 amide bonds. The number of benzene rings is 1. The van der Waals surface area contributed by atoms with E-state index in [1.54, 1.807) is 6.08 Å². The van der Waals surface area contributed by atoms with Gasteiger partial charge >= 0.3 is 5.97 Å². The van der Waals surface area contributed by atoms with Gasteiger partial charge in [-0.2, -0.15) is 0 Å². The standard InChI is InChI=1S/C14H17NO3/c1-3-8-15-14(13(16)17-2)10-18-9-11-6-4-5-7-12(11)14/h3-7,15H,1,8-10H2,2H3. The van der Waals surface area contributed by atoms with E-state index in [1.165, 1.54) is 7.11 Å². The fourth-order valence-corrected chi connectivity index (χ4v) is 2.26. The van der Waals surface area contributed by atoms with Gasteiger partial charge in [0, 0.05) is 6.54 Å². The minimum Gasteiger partial charge on any atom is -0.467 e. The number of ether oxygens (including phenoxy) is 2. The highest BCUT2D eigenvalue weighted by Crippen LogP contribution is 2.31. The molecule has 1 aromatic rings. The third kappa shape index (κ3) is 2.05. The second-order valence-electron chi connectivity index (χ2n) is 4.22. The predicted molar refractivity (Wildman–Crippen MR) is 68.0 cm³/mol. The molecule has 0 spiro atoms. The van der Waals surface area contributed by atoms with E-state index in [4.69, 9.17) is 9.47 Å². The lowest BCUT2D eigenvalue weighted by molar-refractivity contribution is -0.153. The summed E-state index contributed by atoms with van der Waals surface area (Å²) in [6, 6.07) is 7.74. The van der Waals surface area contributed by atoms with Crippen LogP contribution in [0.2, 0.25) is 0 Å². The molecule has 0 bridgehead atoms. The number of carbonyl (C=O) groups is 1. The van der Waals surface area contributed by atoms with Crippen molar-refractivity contribution in [2.75, 3.05) is 20.3 Å². The largest absolute Gasteiger partial charge is 0.467 e. The van der Waals surface area contributed by atoms with Crippen LogP contribution in [0.25, 0.3) is 0 Å². The lowest BCUT2D eigenvalue weighted by Gasteiger charge is -2.36. The minimum absolute atomic E-state index is 0.268. The molecule has 1 aliphatic heterocycles. The maximum atomic E-state index is 12.2. The van der Waals surface area contributed by atoms with Gasteiger partial charge < -0.3 is 9.47 Å². The molecule has 2 rings (SSSR count). The van der Waals surface area contributed by atoms with Gasteiger partial charge in [-0.15, -0.1) is 6.58 Å². The molecule has 4 heteroatoms. The summed E-state index contributed by atoms with van der Waals surface area (Å²) in [5.41, 5.74) is 0.994. The Morgan fingerprint density at radius 1 is 1.61 bits per heavy atom. The zero-order valence-electron chi connectivity index (χ0n) is 10.4. The maximum Gasteiger partial charge on any atom is 0.333 e. The van der Waals surface area contributed by atoms with Gasteiger partial charge in [0.15, 0.2) is 5.54 Å². The topological polar surface area (TPSA) is 47.6 Å². The smallest absolute Gasteiger partial charge is 0.333 e. The molecule has 0 aromatic heterocycles. The van der Waals surface area contributed by atoms with E-state index in [1.807, 2.05) is 24.3 Å². The summed E-state index contributed by atoms with van der Waals surface area (Å²) in [6.45, 7) is 4.96. The summed E-state index contributed by atoms with van der Waals surface area (Å²) < 4.78 is 10.5. The van der Waals surface area contributed by atoms with Crippen molar-refractivity contribution < 1.29 is 14.3 Å². The van der Waals surface area contributed by atoms with Crippen molar-refractivity contribution in [2.45, 2.75) is 12.1 Å². The van der Waals surface area contributed by atoms with E-state index in [-0.39, 0.29) is 12.6 Å². The molecule has 0 radical (unpaired) electrons. The van der Waals surface area contributed by atoms with Crippen molar-refractivity contribution in [3.05, 3.63) is 48.0 Å². The van der Waals surface area contributed by atoms with Crippen molar-refractivity contribution in [2.24, 2.45) is 0 Å². The van der Waals surface area contributed by atoms with Crippen molar-refractivity contribution >= 4 is 5.97 Å². The average molecular weight is 247 g/mol. The number of hydrogen-bond acceptors (Lipinski definition) is 4. The number of esters is 1. The van der Waals surface area contributed by atoms with Crippen LogP contribution in [0.3, 0.4) is 0 Å². The van der Waals surface area contributed by atoms with Crippen LogP contribution >= 0.6 is 0 Å². The monoisotopic (exact) mass is 247 g/mol. The van der Waals surface area contributed by atoms with Crippen LogP contribution in [-0.2, 0) is 26.4 Å². The number of methoxy groups -OCH3 is 1. The van der Waals surface area contributed by atoms with Crippen LogP contribution in [0.15, 0.2) is 36.9 Å². The van der Waals surface area contributed by atoms with Gasteiger partial charge in [-0.25, -0.2) is 4.79 Å². The first kappa shape index (κ1) is 12.8. The van der Waals surface area contributed by atoms with Gasteiger partial charge in [0.2, 0.25) is 0 Å². The Morgan fingerprint density at radius 3 is 3.11 bits per heavy atom. The highest BCUT2D eigenvalue weighted by atomic mass is 16.5. The van der Waals surface area contributed by atoms with Gasteiger partial charge in [-0.05, 0) is 11.1 Å². The van der Waals surface area contributed by atoms with Gasteiger partial charge in [-0.1, -0.05) is 30.3 Å². The first-order valence-corrected chi connectivity index (χ1v) is 5.85. The summed E-state index contributed by atoms with van der Waals surface area (Å²) >= 11 is 0. The van der Waals surface area contributed by atoms with Crippen molar-refractivity contribution in [1.82, 2.24) is 5.32 Å². The molecule has 0 saturated heterocycles. The van der Waals surface area contributed by atoms with E-state index in [2.05, 4.69) is 11.9 Å². The van der Waals surface area contributed by atoms with Crippen LogP contribution in [0.5, 0.6) is 0 Å². The second kappa shape index (κ2) is 5.33. The molecule has 1 unspecified atom stereocenters. The molecule has 0 fully saturated rings. The highest BCUT2D eigenvalue weighted by Gasteiger charge is 2.44. The Bertz CT molecular complexity index is 458. The average Bonchev–Trinajstić information content (AvgIpc) is 2.44. The van der Waals surface area contributed by atoms with Crippen molar-refractivity contribution in [3.8, 4) is 0 Å². The second-order valence-corrected chi connectivity index (χ2v) is 4.22. The van der Waals surface area contributed by atoms with Crippen LogP contribution in [-0.4, -0.2) is 26.2 Å². The Labute approximate surface area is 107 Å². The van der Waals surface area contributed by atoms with Crippen molar-refractivity contribution in [1.29, 1.82) is 0 Å². The molecule has 1 atom stereocenters. The fourth-order valence-electron chi connectivity index (χ4n) is 2.26. The first-order chi connectivity index (χ1) is 8.74. The molecule has 4 nitrogen and oxygen atoms in total. The van der Waals surface area contributed by atoms with Crippen LogP contribution < -0.4 is 5.32 Å². The Kier molecular flexibility index (Phi) is 3.79. The van der Waals surface area contributed by atoms with Gasteiger partial charge in [0.05, 0.1) is 20.3 Å². The number of hydrogen-bond donors (Lipinski definition) is 1. The number of carbonyl (C=O) groups excluding carboxylic acids is 1. The molecule has 96 valence electrons. The quantitative estimate of drug-likeness (QED) is 0.644. The number of fused-ring (bicyclic) bond motifs is 1. The lowest BCUT2D eigenvalue weighted by Crippen LogP contribution is -2.55. The van der Waals surface area contributed by atoms with E-state index in [9.17, 15) is 4.79 Å². The summed E-state index contributed by atoms with van der Waals surface area (Å²) in [5, 5.41) is 3.17. The van der Waals surface area contributed by atoms with Gasteiger partial charge in [-0.3, -0.25) is 5.32 Å². The summed E-state index contributed by atoms with van der Waals surface area (Å²) in [4.78, 5) is 12.2. The van der Waals surface area contributed by atoms with E-state index >= 15 is 0 Å². The van der Waals surface area contributed by atoms with Crippen molar-refractivity contribution in [3.63, 3.8) is 0 Å². The maximum absolute atomic E-state index is 12.2. The fraction of sp³-hybridized carbons (Fsp3) is 0.357. The Hall–Kier alpha value is -1.65. The highest BCUT2D eigenvalue weighted by molar-refractivity contribution is 5.83. The molecule has 0 saturated carbocycles. The van der Waals surface area contributed by atoms with E-state index < -0.39 is 5.54 Å². The first-order valence-electron chi connectivity index (χ1n) is 5.85.